The van der Waals surface area contributed by atoms with Crippen molar-refractivity contribution in [3.63, 3.8) is 0 Å². The van der Waals surface area contributed by atoms with E-state index in [-0.39, 0.29) is 36.8 Å². The Morgan fingerprint density at radius 2 is 2.40 bits per heavy atom. The van der Waals surface area contributed by atoms with Crippen LogP contribution in [0.2, 0.25) is 0 Å². The summed E-state index contributed by atoms with van der Waals surface area (Å²) in [4.78, 5) is 17.3. The lowest BCUT2D eigenvalue weighted by Crippen LogP contribution is -2.44. The predicted molar refractivity (Wildman–Crippen MR) is 85.1 cm³/mol. The standard InChI is InChI=1S/C12H19N3O2S.2ClH/c1-2-10-6-15-12(18-10)7-14-11(16)5-9-8-17-4-3-13-9;;/h6,9,13H,2-5,7-8H2,1H3,(H,14,16);2*1H. The van der Waals surface area contributed by atoms with E-state index < -0.39 is 0 Å². The number of morpholine rings is 1. The van der Waals surface area contributed by atoms with Crippen LogP contribution in [0.3, 0.4) is 0 Å². The number of hydrogen-bond acceptors (Lipinski definition) is 5. The molecule has 116 valence electrons. The monoisotopic (exact) mass is 341 g/mol. The molecule has 20 heavy (non-hydrogen) atoms. The fourth-order valence-corrected chi connectivity index (χ4v) is 2.62. The molecular weight excluding hydrogens is 321 g/mol. The predicted octanol–water partition coefficient (Wildman–Crippen LogP) is 1.54. The van der Waals surface area contributed by atoms with Gasteiger partial charge in [0.05, 0.1) is 19.8 Å². The summed E-state index contributed by atoms with van der Waals surface area (Å²) in [6, 6.07) is 0.140. The Hall–Kier alpha value is -0.400. The van der Waals surface area contributed by atoms with Gasteiger partial charge in [-0.1, -0.05) is 6.92 Å². The Morgan fingerprint density at radius 1 is 1.60 bits per heavy atom. The maximum atomic E-state index is 11.7. The van der Waals surface area contributed by atoms with Gasteiger partial charge in [-0.3, -0.25) is 4.79 Å². The molecule has 0 aromatic carbocycles. The molecule has 2 rings (SSSR count). The number of halogens is 2. The molecule has 1 saturated heterocycles. The van der Waals surface area contributed by atoms with Crippen molar-refractivity contribution >= 4 is 42.1 Å². The highest BCUT2D eigenvalue weighted by molar-refractivity contribution is 7.11. The number of rotatable bonds is 5. The minimum Gasteiger partial charge on any atom is -0.378 e. The molecule has 1 unspecified atom stereocenters. The first-order valence-corrected chi connectivity index (χ1v) is 7.11. The summed E-state index contributed by atoms with van der Waals surface area (Å²) in [6.45, 7) is 4.80. The van der Waals surface area contributed by atoms with Crippen LogP contribution in [0.1, 0.15) is 23.2 Å². The van der Waals surface area contributed by atoms with Gasteiger partial charge in [0.15, 0.2) is 0 Å². The quantitative estimate of drug-likeness (QED) is 0.852. The number of amides is 1. The van der Waals surface area contributed by atoms with Crippen LogP contribution in [0.25, 0.3) is 0 Å². The molecule has 1 amide bonds. The van der Waals surface area contributed by atoms with Crippen molar-refractivity contribution in [1.29, 1.82) is 0 Å². The molecule has 0 bridgehead atoms. The summed E-state index contributed by atoms with van der Waals surface area (Å²) in [5.41, 5.74) is 0. The van der Waals surface area contributed by atoms with Crippen molar-refractivity contribution in [2.75, 3.05) is 19.8 Å². The van der Waals surface area contributed by atoms with E-state index in [4.69, 9.17) is 4.74 Å². The van der Waals surface area contributed by atoms with E-state index >= 15 is 0 Å². The zero-order valence-electron chi connectivity index (χ0n) is 11.4. The Morgan fingerprint density at radius 3 is 3.00 bits per heavy atom. The minimum atomic E-state index is 0. The average molecular weight is 342 g/mol. The third-order valence-corrected chi connectivity index (χ3v) is 3.96. The van der Waals surface area contributed by atoms with Crippen molar-refractivity contribution < 1.29 is 9.53 Å². The lowest BCUT2D eigenvalue weighted by Gasteiger charge is -2.23. The van der Waals surface area contributed by atoms with E-state index in [1.54, 1.807) is 11.3 Å². The maximum Gasteiger partial charge on any atom is 0.222 e. The van der Waals surface area contributed by atoms with Crippen molar-refractivity contribution in [1.82, 2.24) is 15.6 Å². The molecule has 0 aliphatic carbocycles. The first-order valence-electron chi connectivity index (χ1n) is 6.29. The highest BCUT2D eigenvalue weighted by Gasteiger charge is 2.16. The van der Waals surface area contributed by atoms with Gasteiger partial charge in [0.2, 0.25) is 5.91 Å². The molecule has 0 spiro atoms. The van der Waals surface area contributed by atoms with Gasteiger partial charge in [-0.15, -0.1) is 36.2 Å². The number of aromatic nitrogens is 1. The number of nitrogens with one attached hydrogen (secondary N) is 2. The van der Waals surface area contributed by atoms with Crippen LogP contribution in [0, 0.1) is 0 Å². The van der Waals surface area contributed by atoms with Gasteiger partial charge < -0.3 is 15.4 Å². The Balaban J connectivity index is 0.00000180. The van der Waals surface area contributed by atoms with E-state index in [2.05, 4.69) is 22.5 Å². The number of carbonyl (C=O) groups is 1. The van der Waals surface area contributed by atoms with Crippen molar-refractivity contribution in [2.24, 2.45) is 0 Å². The third kappa shape index (κ3) is 6.37. The lowest BCUT2D eigenvalue weighted by molar-refractivity contribution is -0.122. The number of aryl methyl sites for hydroxylation is 1. The summed E-state index contributed by atoms with van der Waals surface area (Å²) >= 11 is 1.65. The van der Waals surface area contributed by atoms with E-state index in [1.807, 2.05) is 6.20 Å². The van der Waals surface area contributed by atoms with Gasteiger partial charge in [0.1, 0.15) is 5.01 Å². The molecule has 1 aromatic rings. The summed E-state index contributed by atoms with van der Waals surface area (Å²) in [7, 11) is 0. The third-order valence-electron chi connectivity index (χ3n) is 2.82. The summed E-state index contributed by atoms with van der Waals surface area (Å²) < 4.78 is 5.31. The zero-order valence-corrected chi connectivity index (χ0v) is 13.8. The largest absolute Gasteiger partial charge is 0.378 e. The number of hydrogen-bond donors (Lipinski definition) is 2. The Kier molecular flexibility index (Phi) is 10.1. The molecule has 2 N–H and O–H groups in total. The van der Waals surface area contributed by atoms with Crippen LogP contribution in [-0.4, -0.2) is 36.7 Å². The first-order chi connectivity index (χ1) is 8.78. The topological polar surface area (TPSA) is 63.2 Å². The molecular formula is C12H21Cl2N3O2S. The maximum absolute atomic E-state index is 11.7. The van der Waals surface area contributed by atoms with Crippen LogP contribution in [0.15, 0.2) is 6.20 Å². The molecule has 1 atom stereocenters. The Labute approximate surface area is 135 Å². The fraction of sp³-hybridized carbons (Fsp3) is 0.667. The molecule has 2 heterocycles. The van der Waals surface area contributed by atoms with Crippen molar-refractivity contribution in [2.45, 2.75) is 32.4 Å². The minimum absolute atomic E-state index is 0. The molecule has 5 nitrogen and oxygen atoms in total. The number of carbonyl (C=O) groups excluding carboxylic acids is 1. The summed E-state index contributed by atoms with van der Waals surface area (Å²) in [6.07, 6.45) is 3.34. The normalized spacial score (nSPS) is 17.8. The second kappa shape index (κ2) is 10.3. The van der Waals surface area contributed by atoms with Gasteiger partial charge in [-0.25, -0.2) is 4.98 Å². The van der Waals surface area contributed by atoms with Gasteiger partial charge in [0, 0.05) is 30.1 Å². The first kappa shape index (κ1) is 19.6. The second-order valence-corrected chi connectivity index (χ2v) is 5.48. The van der Waals surface area contributed by atoms with E-state index in [1.165, 1.54) is 4.88 Å². The van der Waals surface area contributed by atoms with E-state index in [0.717, 1.165) is 24.6 Å². The van der Waals surface area contributed by atoms with Crippen molar-refractivity contribution in [3.8, 4) is 0 Å². The van der Waals surface area contributed by atoms with E-state index in [9.17, 15) is 4.79 Å². The summed E-state index contributed by atoms with van der Waals surface area (Å²) in [5, 5.41) is 7.13. The highest BCUT2D eigenvalue weighted by Crippen LogP contribution is 2.12. The Bertz CT molecular complexity index is 398. The number of thiazole rings is 1. The number of nitrogens with zero attached hydrogens (tertiary/aromatic N) is 1. The molecule has 8 heteroatoms. The van der Waals surface area contributed by atoms with Gasteiger partial charge in [0.25, 0.3) is 0 Å². The molecule has 0 radical (unpaired) electrons. The highest BCUT2D eigenvalue weighted by atomic mass is 35.5. The molecule has 1 aliphatic rings. The zero-order chi connectivity index (χ0) is 12.8. The molecule has 1 aromatic heterocycles. The average Bonchev–Trinajstić information content (AvgIpc) is 2.85. The molecule has 0 saturated carbocycles. The molecule has 1 aliphatic heterocycles. The smallest absolute Gasteiger partial charge is 0.222 e. The van der Waals surface area contributed by atoms with Gasteiger partial charge >= 0.3 is 0 Å². The lowest BCUT2D eigenvalue weighted by atomic mass is 10.2. The van der Waals surface area contributed by atoms with Gasteiger partial charge in [-0.2, -0.15) is 0 Å². The molecule has 1 fully saturated rings. The van der Waals surface area contributed by atoms with Gasteiger partial charge in [-0.05, 0) is 6.42 Å². The van der Waals surface area contributed by atoms with Crippen LogP contribution < -0.4 is 10.6 Å². The fourth-order valence-electron chi connectivity index (χ4n) is 1.81. The van der Waals surface area contributed by atoms with Crippen LogP contribution in [0.5, 0.6) is 0 Å². The van der Waals surface area contributed by atoms with Crippen molar-refractivity contribution in [3.05, 3.63) is 16.1 Å². The van der Waals surface area contributed by atoms with Crippen LogP contribution in [-0.2, 0) is 22.5 Å². The summed E-state index contributed by atoms with van der Waals surface area (Å²) in [5.74, 6) is 0.0475. The number of ether oxygens (including phenoxy) is 1. The SMILES string of the molecule is CCc1cnc(CNC(=O)CC2COCCN2)s1.Cl.Cl. The van der Waals surface area contributed by atoms with Crippen LogP contribution in [0.4, 0.5) is 0 Å². The van der Waals surface area contributed by atoms with E-state index in [0.29, 0.717) is 19.6 Å². The van der Waals surface area contributed by atoms with Crippen LogP contribution >= 0.6 is 36.2 Å². The second-order valence-electron chi connectivity index (χ2n) is 4.28.